The normalized spacial score (nSPS) is 9.93. The van der Waals surface area contributed by atoms with Gasteiger partial charge in [0.1, 0.15) is 0 Å². The van der Waals surface area contributed by atoms with Gasteiger partial charge in [-0.3, -0.25) is 0 Å². The van der Waals surface area contributed by atoms with E-state index in [2.05, 4.69) is 37.6 Å². The Bertz CT molecular complexity index is 322. The van der Waals surface area contributed by atoms with E-state index >= 15 is 0 Å². The third kappa shape index (κ3) is 47.6. The minimum absolute atomic E-state index is 0.143. The Morgan fingerprint density at radius 2 is 1.00 bits per heavy atom. The van der Waals surface area contributed by atoms with E-state index in [4.69, 9.17) is 0 Å². The quantitative estimate of drug-likeness (QED) is 0.210. The molecule has 4 nitrogen and oxygen atoms in total. The Kier molecular flexibility index (Phi) is 33.4. The third-order valence-electron chi connectivity index (χ3n) is 3.58. The van der Waals surface area contributed by atoms with Crippen LogP contribution in [-0.4, -0.2) is 56.1 Å². The standard InChI is InChI=1S/2C10H20O2S.2CH3.Sn/c2*1-9(2)6-4-3-5-7-13-8-10(11)12;;;/h2*9H,3-8H2,1-2H3,(H,11,12);2*1H3;/q;;;;+2/p-2. The first-order valence-corrected chi connectivity index (χ1v) is 18.8. The molecule has 0 aromatic rings. The van der Waals surface area contributed by atoms with E-state index in [9.17, 15) is 19.8 Å². The topological polar surface area (TPSA) is 80.3 Å². The Hall–Kier alpha value is 0.439. The van der Waals surface area contributed by atoms with Gasteiger partial charge in [0.2, 0.25) is 0 Å². The third-order valence-corrected chi connectivity index (χ3v) is 5.61. The second kappa shape index (κ2) is 28.4. The summed E-state index contributed by atoms with van der Waals surface area (Å²) in [5.74, 6) is 1.86. The molecule has 0 atom stereocenters. The van der Waals surface area contributed by atoms with Gasteiger partial charge < -0.3 is 19.8 Å². The van der Waals surface area contributed by atoms with Crippen LogP contribution in [0.2, 0.25) is 9.88 Å². The van der Waals surface area contributed by atoms with E-state index in [0.29, 0.717) is 0 Å². The molecule has 7 heteroatoms. The molecule has 0 N–H and O–H groups in total. The molecule has 0 unspecified atom stereocenters. The molecule has 0 aromatic carbocycles. The monoisotopic (exact) mass is 556 g/mol. The van der Waals surface area contributed by atoms with Crippen molar-refractivity contribution in [3.05, 3.63) is 0 Å². The molecule has 0 aromatic heterocycles. The van der Waals surface area contributed by atoms with Gasteiger partial charge in [-0.15, -0.1) is 0 Å². The average molecular weight is 555 g/mol. The van der Waals surface area contributed by atoms with Crippen LogP contribution in [0.5, 0.6) is 0 Å². The molecular formula is C22H44O4S2Sn. The van der Waals surface area contributed by atoms with Gasteiger partial charge in [0.25, 0.3) is 0 Å². The molecule has 0 aliphatic heterocycles. The molecule has 0 radical (unpaired) electrons. The van der Waals surface area contributed by atoms with Gasteiger partial charge in [-0.2, -0.15) is 23.5 Å². The number of unbranched alkanes of at least 4 members (excludes halogenated alkanes) is 4. The molecule has 0 spiro atoms. The molecule has 172 valence electrons. The molecular weight excluding hydrogens is 511 g/mol. The summed E-state index contributed by atoms with van der Waals surface area (Å²) < 4.78 is 0. The van der Waals surface area contributed by atoms with Gasteiger partial charge in [0.15, 0.2) is 0 Å². The SMILES string of the molecule is CC(C)CCCCCSCC(=O)[O-].CC(C)CCCCCSCC(=O)[O-].[CH3][Sn+2][CH3]. The van der Waals surface area contributed by atoms with Crippen LogP contribution in [0, 0.1) is 11.8 Å². The molecule has 29 heavy (non-hydrogen) atoms. The number of carbonyl (C=O) groups is 2. The van der Waals surface area contributed by atoms with Crippen LogP contribution in [0.1, 0.15) is 79.1 Å². The van der Waals surface area contributed by atoms with Gasteiger partial charge >= 0.3 is 31.0 Å². The Morgan fingerprint density at radius 3 is 1.24 bits per heavy atom. The molecule has 0 amide bonds. The summed E-state index contributed by atoms with van der Waals surface area (Å²) >= 11 is 3.15. The van der Waals surface area contributed by atoms with E-state index in [1.165, 1.54) is 62.0 Å². The van der Waals surface area contributed by atoms with Crippen LogP contribution in [0.3, 0.4) is 0 Å². The Morgan fingerprint density at radius 1 is 0.690 bits per heavy atom. The maximum atomic E-state index is 10.0. The summed E-state index contributed by atoms with van der Waals surface area (Å²) in [6, 6.07) is 0. The van der Waals surface area contributed by atoms with Crippen molar-refractivity contribution in [3.63, 3.8) is 0 Å². The van der Waals surface area contributed by atoms with Crippen LogP contribution in [0.4, 0.5) is 0 Å². The van der Waals surface area contributed by atoms with E-state index in [1.807, 2.05) is 0 Å². The number of carbonyl (C=O) groups excluding carboxylic acids is 2. The number of hydrogen-bond acceptors (Lipinski definition) is 6. The summed E-state index contributed by atoms with van der Waals surface area (Å²) in [7, 11) is 0. The first-order valence-electron chi connectivity index (χ1n) is 10.8. The fraction of sp³-hybridized carbons (Fsp3) is 0.909. The van der Waals surface area contributed by atoms with Crippen molar-refractivity contribution in [1.82, 2.24) is 0 Å². The van der Waals surface area contributed by atoms with Crippen molar-refractivity contribution in [2.24, 2.45) is 11.8 Å². The zero-order chi connectivity index (χ0) is 22.9. The first kappa shape index (κ1) is 34.1. The summed E-state index contributed by atoms with van der Waals surface area (Å²) in [5, 5.41) is 20.1. The zero-order valence-electron chi connectivity index (χ0n) is 19.6. The number of carboxylic acids is 2. The molecule has 0 rings (SSSR count). The summed E-state index contributed by atoms with van der Waals surface area (Å²) in [5.41, 5.74) is 0. The predicted octanol–water partition coefficient (Wildman–Crippen LogP) is 4.16. The van der Waals surface area contributed by atoms with Gasteiger partial charge in [-0.05, 0) is 36.2 Å². The second-order valence-corrected chi connectivity index (χ2v) is 12.9. The van der Waals surface area contributed by atoms with Crippen molar-refractivity contribution >= 4 is 56.6 Å². The fourth-order valence-electron chi connectivity index (χ4n) is 2.18. The zero-order valence-corrected chi connectivity index (χ0v) is 24.1. The van der Waals surface area contributed by atoms with Crippen LogP contribution in [0.15, 0.2) is 0 Å². The van der Waals surface area contributed by atoms with Crippen LogP contribution in [0.25, 0.3) is 0 Å². The van der Waals surface area contributed by atoms with E-state index < -0.39 is 11.9 Å². The predicted molar refractivity (Wildman–Crippen MR) is 129 cm³/mol. The number of hydrogen-bond donors (Lipinski definition) is 0. The summed E-state index contributed by atoms with van der Waals surface area (Å²) in [6.45, 7) is 8.91. The Labute approximate surface area is 199 Å². The second-order valence-electron chi connectivity index (χ2n) is 7.84. The number of carboxylic acid groups (broad SMARTS) is 2. The minimum atomic E-state index is -0.952. The van der Waals surface area contributed by atoms with Gasteiger partial charge in [-0.1, -0.05) is 66.2 Å². The number of aliphatic carboxylic acids is 2. The molecule has 0 aliphatic carbocycles. The van der Waals surface area contributed by atoms with Gasteiger partial charge in [0, 0.05) is 11.5 Å². The summed E-state index contributed by atoms with van der Waals surface area (Å²) in [6.07, 6.45) is 9.80. The van der Waals surface area contributed by atoms with Crippen LogP contribution in [-0.2, 0) is 9.59 Å². The Balaban J connectivity index is -0.000000410. The molecule has 0 bridgehead atoms. The number of rotatable bonds is 16. The first-order chi connectivity index (χ1) is 13.7. The maximum absolute atomic E-state index is 10.0. The van der Waals surface area contributed by atoms with Crippen LogP contribution >= 0.6 is 23.5 Å². The van der Waals surface area contributed by atoms with E-state index in [0.717, 1.165) is 36.2 Å². The van der Waals surface area contributed by atoms with Crippen molar-refractivity contribution in [2.45, 2.75) is 88.9 Å². The van der Waals surface area contributed by atoms with E-state index in [-0.39, 0.29) is 32.6 Å². The van der Waals surface area contributed by atoms with Crippen LogP contribution < -0.4 is 10.2 Å². The molecule has 0 fully saturated rings. The number of thioether (sulfide) groups is 2. The van der Waals surface area contributed by atoms with Crippen molar-refractivity contribution < 1.29 is 19.8 Å². The molecule has 0 saturated heterocycles. The van der Waals surface area contributed by atoms with Crippen molar-refractivity contribution in [2.75, 3.05) is 23.0 Å². The van der Waals surface area contributed by atoms with Crippen molar-refractivity contribution in [3.8, 4) is 0 Å². The van der Waals surface area contributed by atoms with Gasteiger partial charge in [-0.25, -0.2) is 0 Å². The van der Waals surface area contributed by atoms with Crippen molar-refractivity contribution in [1.29, 1.82) is 0 Å². The molecule has 0 heterocycles. The average Bonchev–Trinajstić information content (AvgIpc) is 2.60. The van der Waals surface area contributed by atoms with E-state index in [1.54, 1.807) is 0 Å². The molecule has 0 saturated carbocycles. The van der Waals surface area contributed by atoms with Gasteiger partial charge in [0.05, 0.1) is 11.9 Å². The molecule has 0 aliphatic rings. The summed E-state index contributed by atoms with van der Waals surface area (Å²) in [4.78, 5) is 24.7. The fourth-order valence-corrected chi connectivity index (χ4v) is 3.62.